The van der Waals surface area contributed by atoms with Gasteiger partial charge in [-0.15, -0.1) is 0 Å². The Morgan fingerprint density at radius 2 is 1.73 bits per heavy atom. The van der Waals surface area contributed by atoms with Gasteiger partial charge in [-0.1, -0.05) is 35.9 Å². The summed E-state index contributed by atoms with van der Waals surface area (Å²) in [6, 6.07) is 12.7. The summed E-state index contributed by atoms with van der Waals surface area (Å²) < 4.78 is 19.6. The van der Waals surface area contributed by atoms with Crippen molar-refractivity contribution in [1.82, 2.24) is 0 Å². The summed E-state index contributed by atoms with van der Waals surface area (Å²) in [5.74, 6) is -0.446. The summed E-state index contributed by atoms with van der Waals surface area (Å²) >= 11 is 0. The Labute approximate surface area is 155 Å². The van der Waals surface area contributed by atoms with Crippen molar-refractivity contribution in [2.45, 2.75) is 46.1 Å². The predicted octanol–water partition coefficient (Wildman–Crippen LogP) is 5.35. The molecule has 3 nitrogen and oxygen atoms in total. The SMILES string of the molecule is COCCCCC(=O)N(c1cc(C)ccc1F)[C@@H](C)c1ccc(C)cc1. The molecule has 0 radical (unpaired) electrons. The number of hydrogen-bond donors (Lipinski definition) is 0. The molecule has 0 spiro atoms. The van der Waals surface area contributed by atoms with Crippen LogP contribution in [0.15, 0.2) is 42.5 Å². The van der Waals surface area contributed by atoms with Gasteiger partial charge in [-0.3, -0.25) is 4.79 Å². The van der Waals surface area contributed by atoms with E-state index in [0.29, 0.717) is 18.7 Å². The first-order valence-corrected chi connectivity index (χ1v) is 9.07. The number of anilines is 1. The Bertz CT molecular complexity index is 727. The first-order valence-electron chi connectivity index (χ1n) is 9.07. The number of halogens is 1. The number of ether oxygens (including phenoxy) is 1. The van der Waals surface area contributed by atoms with Gasteiger partial charge in [-0.2, -0.15) is 0 Å². The second-order valence-electron chi connectivity index (χ2n) is 6.76. The van der Waals surface area contributed by atoms with E-state index in [2.05, 4.69) is 0 Å². The van der Waals surface area contributed by atoms with E-state index in [-0.39, 0.29) is 17.8 Å². The Morgan fingerprint density at radius 3 is 2.38 bits per heavy atom. The molecule has 26 heavy (non-hydrogen) atoms. The Balaban J connectivity index is 2.32. The third-order valence-electron chi connectivity index (χ3n) is 4.57. The van der Waals surface area contributed by atoms with Crippen LogP contribution in [-0.2, 0) is 9.53 Å². The molecule has 1 amide bonds. The number of amides is 1. The number of hydrogen-bond acceptors (Lipinski definition) is 2. The molecule has 0 aliphatic heterocycles. The van der Waals surface area contributed by atoms with E-state index in [0.717, 1.165) is 29.5 Å². The summed E-state index contributed by atoms with van der Waals surface area (Å²) in [5.41, 5.74) is 3.41. The maximum absolute atomic E-state index is 14.5. The second-order valence-corrected chi connectivity index (χ2v) is 6.76. The zero-order valence-corrected chi connectivity index (χ0v) is 16.1. The van der Waals surface area contributed by atoms with Crippen LogP contribution < -0.4 is 4.90 Å². The number of benzene rings is 2. The van der Waals surface area contributed by atoms with Crippen LogP contribution in [0.1, 0.15) is 48.9 Å². The van der Waals surface area contributed by atoms with Crippen LogP contribution in [0.2, 0.25) is 0 Å². The van der Waals surface area contributed by atoms with E-state index < -0.39 is 0 Å². The summed E-state index contributed by atoms with van der Waals surface area (Å²) in [5, 5.41) is 0. The van der Waals surface area contributed by atoms with E-state index in [1.807, 2.05) is 45.0 Å². The third kappa shape index (κ3) is 5.15. The van der Waals surface area contributed by atoms with Gasteiger partial charge in [0.05, 0.1) is 11.7 Å². The molecule has 0 aromatic heterocycles. The second kappa shape index (κ2) is 9.48. The molecular formula is C22H28FNO2. The topological polar surface area (TPSA) is 29.5 Å². The molecule has 2 aromatic carbocycles. The fourth-order valence-electron chi connectivity index (χ4n) is 3.00. The Kier molecular flexibility index (Phi) is 7.34. The molecule has 0 aliphatic rings. The van der Waals surface area contributed by atoms with Crippen molar-refractivity contribution in [3.8, 4) is 0 Å². The van der Waals surface area contributed by atoms with Gasteiger partial charge in [0.15, 0.2) is 0 Å². The first-order chi connectivity index (χ1) is 12.4. The van der Waals surface area contributed by atoms with Gasteiger partial charge in [0, 0.05) is 20.1 Å². The van der Waals surface area contributed by atoms with Gasteiger partial charge in [0.25, 0.3) is 0 Å². The lowest BCUT2D eigenvalue weighted by atomic mass is 10.0. The minimum Gasteiger partial charge on any atom is -0.385 e. The van der Waals surface area contributed by atoms with E-state index >= 15 is 0 Å². The first kappa shape index (κ1) is 20.1. The summed E-state index contributed by atoms with van der Waals surface area (Å²) in [4.78, 5) is 14.6. The Hall–Kier alpha value is -2.20. The van der Waals surface area contributed by atoms with Crippen LogP contribution in [0, 0.1) is 19.7 Å². The molecule has 4 heteroatoms. The van der Waals surface area contributed by atoms with Crippen molar-refractivity contribution in [3.63, 3.8) is 0 Å². The predicted molar refractivity (Wildman–Crippen MR) is 104 cm³/mol. The highest BCUT2D eigenvalue weighted by molar-refractivity contribution is 5.94. The zero-order valence-electron chi connectivity index (χ0n) is 16.1. The number of unbranched alkanes of at least 4 members (excludes halogenated alkanes) is 1. The van der Waals surface area contributed by atoms with Gasteiger partial charge in [0.1, 0.15) is 5.82 Å². The highest BCUT2D eigenvalue weighted by atomic mass is 19.1. The molecule has 0 fully saturated rings. The quantitative estimate of drug-likeness (QED) is 0.596. The van der Waals surface area contributed by atoms with Crippen molar-refractivity contribution in [1.29, 1.82) is 0 Å². The van der Waals surface area contributed by atoms with Gasteiger partial charge in [0.2, 0.25) is 5.91 Å². The summed E-state index contributed by atoms with van der Waals surface area (Å²) in [7, 11) is 1.65. The van der Waals surface area contributed by atoms with Crippen LogP contribution in [0.3, 0.4) is 0 Å². The largest absolute Gasteiger partial charge is 0.385 e. The van der Waals surface area contributed by atoms with Gasteiger partial charge >= 0.3 is 0 Å². The lowest BCUT2D eigenvalue weighted by molar-refractivity contribution is -0.119. The maximum Gasteiger partial charge on any atom is 0.227 e. The van der Waals surface area contributed by atoms with E-state index in [1.54, 1.807) is 24.1 Å². The van der Waals surface area contributed by atoms with Crippen molar-refractivity contribution in [3.05, 3.63) is 65.0 Å². The zero-order chi connectivity index (χ0) is 19.1. The standard InChI is InChI=1S/C22H28FNO2/c1-16-8-11-19(12-9-16)18(3)24(22(25)7-5-6-14-26-4)21-15-17(2)10-13-20(21)23/h8-13,15,18H,5-7,14H2,1-4H3/t18-/m0/s1. The average Bonchev–Trinajstić information content (AvgIpc) is 2.62. The molecule has 0 N–H and O–H groups in total. The molecular weight excluding hydrogens is 329 g/mol. The van der Waals surface area contributed by atoms with Crippen molar-refractivity contribution in [2.24, 2.45) is 0 Å². The molecule has 0 bridgehead atoms. The van der Waals surface area contributed by atoms with Crippen molar-refractivity contribution < 1.29 is 13.9 Å². The molecule has 0 saturated carbocycles. The minimum atomic E-state index is -0.375. The van der Waals surface area contributed by atoms with E-state index in [1.165, 1.54) is 6.07 Å². The van der Waals surface area contributed by atoms with Crippen LogP contribution in [0.4, 0.5) is 10.1 Å². The number of carbonyl (C=O) groups excluding carboxylic acids is 1. The molecule has 0 unspecified atom stereocenters. The van der Waals surface area contributed by atoms with Gasteiger partial charge in [-0.25, -0.2) is 4.39 Å². The molecule has 0 saturated heterocycles. The Morgan fingerprint density at radius 1 is 1.08 bits per heavy atom. The molecule has 2 rings (SSSR count). The molecule has 2 aromatic rings. The normalized spacial score (nSPS) is 12.0. The maximum atomic E-state index is 14.5. The summed E-state index contributed by atoms with van der Waals surface area (Å²) in [6.45, 7) is 6.49. The molecule has 0 aliphatic carbocycles. The monoisotopic (exact) mass is 357 g/mol. The molecule has 0 heterocycles. The highest BCUT2D eigenvalue weighted by Gasteiger charge is 2.25. The van der Waals surface area contributed by atoms with E-state index in [4.69, 9.17) is 4.74 Å². The van der Waals surface area contributed by atoms with E-state index in [9.17, 15) is 9.18 Å². The lowest BCUT2D eigenvalue weighted by Gasteiger charge is -2.30. The van der Waals surface area contributed by atoms with Crippen LogP contribution in [0.25, 0.3) is 0 Å². The van der Waals surface area contributed by atoms with Crippen LogP contribution >= 0.6 is 0 Å². The molecule has 1 atom stereocenters. The number of aryl methyl sites for hydroxylation is 2. The van der Waals surface area contributed by atoms with Crippen molar-refractivity contribution in [2.75, 3.05) is 18.6 Å². The van der Waals surface area contributed by atoms with Gasteiger partial charge < -0.3 is 9.64 Å². The number of methoxy groups -OCH3 is 1. The van der Waals surface area contributed by atoms with Crippen LogP contribution in [0.5, 0.6) is 0 Å². The van der Waals surface area contributed by atoms with Gasteiger partial charge in [-0.05, 0) is 56.9 Å². The highest BCUT2D eigenvalue weighted by Crippen LogP contribution is 2.31. The number of nitrogens with zero attached hydrogens (tertiary/aromatic N) is 1. The van der Waals surface area contributed by atoms with Crippen LogP contribution in [-0.4, -0.2) is 19.6 Å². The number of rotatable bonds is 8. The minimum absolute atomic E-state index is 0.0707. The summed E-state index contributed by atoms with van der Waals surface area (Å²) in [6.07, 6.45) is 1.90. The number of carbonyl (C=O) groups is 1. The average molecular weight is 357 g/mol. The fourth-order valence-corrected chi connectivity index (χ4v) is 3.00. The van der Waals surface area contributed by atoms with Crippen molar-refractivity contribution >= 4 is 11.6 Å². The fraction of sp³-hybridized carbons (Fsp3) is 0.409. The third-order valence-corrected chi connectivity index (χ3v) is 4.57. The molecule has 140 valence electrons. The smallest absolute Gasteiger partial charge is 0.227 e. The lowest BCUT2D eigenvalue weighted by Crippen LogP contribution is -2.34.